The van der Waals surface area contributed by atoms with Crippen LogP contribution in [0, 0.1) is 0 Å². The van der Waals surface area contributed by atoms with Crippen LogP contribution in [0.5, 0.6) is 0 Å². The van der Waals surface area contributed by atoms with Crippen LogP contribution < -0.4 is 15.9 Å². The van der Waals surface area contributed by atoms with Crippen molar-refractivity contribution >= 4 is 46.5 Å². The maximum atomic E-state index is 13.4. The molecule has 0 amide bonds. The predicted molar refractivity (Wildman–Crippen MR) is 159 cm³/mol. The fraction of sp³-hybridized carbons (Fsp3) is 0.0968. The molecule has 5 rings (SSSR count). The third-order valence-electron chi connectivity index (χ3n) is 6.14. The molecule has 7 heteroatoms. The Morgan fingerprint density at radius 1 is 0.789 bits per heavy atom. The molecule has 4 aromatic carbocycles. The maximum absolute atomic E-state index is 13.4. The number of rotatable bonds is 8. The van der Waals surface area contributed by atoms with E-state index in [1.165, 1.54) is 11.8 Å². The van der Waals surface area contributed by atoms with Gasteiger partial charge in [-0.2, -0.15) is 5.10 Å². The Bertz CT molecular complexity index is 1470. The molecule has 0 radical (unpaired) electrons. The Hall–Kier alpha value is -3.86. The molecule has 0 aliphatic heterocycles. The summed E-state index contributed by atoms with van der Waals surface area (Å²) in [7, 11) is -2.66. The Morgan fingerprint density at radius 2 is 1.24 bits per heavy atom. The Kier molecular flexibility index (Phi) is 7.92. The maximum Gasteiger partial charge on any atom is 0.344 e. The van der Waals surface area contributed by atoms with Crippen molar-refractivity contribution < 1.29 is 9.53 Å². The van der Waals surface area contributed by atoms with Gasteiger partial charge < -0.3 is 4.74 Å². The largest absolute Gasteiger partial charge is 0.462 e. The van der Waals surface area contributed by atoms with E-state index in [9.17, 15) is 4.79 Å². The summed E-state index contributed by atoms with van der Waals surface area (Å²) in [4.78, 5) is 13.4. The fourth-order valence-corrected chi connectivity index (χ4v) is 8.51. The molecule has 1 heterocycles. The highest BCUT2D eigenvalue weighted by atomic mass is 32.2. The highest BCUT2D eigenvalue weighted by Crippen LogP contribution is 2.50. The van der Waals surface area contributed by atoms with Crippen molar-refractivity contribution in [2.24, 2.45) is 4.74 Å². The molecule has 0 N–H and O–H groups in total. The smallest absolute Gasteiger partial charge is 0.344 e. The number of carbonyl (C=O) groups is 1. The number of thioether (sulfide) groups is 1. The number of hydrogen-bond acceptors (Lipinski definition) is 5. The molecule has 0 spiro atoms. The summed E-state index contributed by atoms with van der Waals surface area (Å²) in [5.41, 5.74) is 1.21. The molecule has 0 saturated heterocycles. The van der Waals surface area contributed by atoms with Crippen molar-refractivity contribution in [2.75, 3.05) is 12.9 Å². The van der Waals surface area contributed by atoms with Gasteiger partial charge in [-0.3, -0.25) is 0 Å². The lowest BCUT2D eigenvalue weighted by atomic mass is 10.3. The van der Waals surface area contributed by atoms with Crippen LogP contribution in [0.4, 0.5) is 5.82 Å². The van der Waals surface area contributed by atoms with Crippen molar-refractivity contribution in [1.82, 2.24) is 9.78 Å². The third-order valence-corrected chi connectivity index (χ3v) is 10.4. The molecule has 0 atom stereocenters. The van der Waals surface area contributed by atoms with Crippen LogP contribution in [0.25, 0.3) is 5.69 Å². The molecule has 5 aromatic rings. The number of aromatic nitrogens is 2. The quantitative estimate of drug-likeness (QED) is 0.127. The van der Waals surface area contributed by atoms with Crippen LogP contribution in [0.1, 0.15) is 17.3 Å². The molecular formula is C31H28N3O2PS. The number of carbonyl (C=O) groups excluding carboxylic acids is 1. The second-order valence-electron chi connectivity index (χ2n) is 8.42. The van der Waals surface area contributed by atoms with E-state index in [1.54, 1.807) is 4.68 Å². The molecule has 0 aliphatic carbocycles. The summed E-state index contributed by atoms with van der Waals surface area (Å²) < 4.78 is 13.0. The first-order valence-corrected chi connectivity index (χ1v) is 15.3. The van der Waals surface area contributed by atoms with Crippen LogP contribution in [-0.2, 0) is 4.74 Å². The minimum absolute atomic E-state index is 0.263. The lowest BCUT2D eigenvalue weighted by Crippen LogP contribution is -2.25. The van der Waals surface area contributed by atoms with Gasteiger partial charge in [-0.15, -0.1) is 11.8 Å². The molecular weight excluding hydrogens is 509 g/mol. The van der Waals surface area contributed by atoms with Gasteiger partial charge in [-0.25, -0.2) is 14.2 Å². The zero-order valence-corrected chi connectivity index (χ0v) is 23.0. The highest BCUT2D eigenvalue weighted by molar-refractivity contribution is 7.98. The number of esters is 1. The standard InChI is InChI=1S/C31H28N3O2PS/c1-3-36-31(35)28-29(34(32-30(28)38-2)24-16-8-4-9-17-24)33-37(25-18-10-5-11-19-25,26-20-12-6-13-21-26)27-22-14-7-15-23-27/h4-23H,3H2,1-2H3. The predicted octanol–water partition coefficient (Wildman–Crippen LogP) is 6.58. The fourth-order valence-electron chi connectivity index (χ4n) is 4.45. The molecule has 0 bridgehead atoms. The molecule has 5 nitrogen and oxygen atoms in total. The second kappa shape index (κ2) is 11.7. The Labute approximate surface area is 227 Å². The van der Waals surface area contributed by atoms with Crippen molar-refractivity contribution in [3.8, 4) is 5.69 Å². The van der Waals surface area contributed by atoms with E-state index in [1.807, 2.05) is 98.1 Å². The van der Waals surface area contributed by atoms with Crippen LogP contribution in [0.15, 0.2) is 131 Å². The molecule has 0 saturated carbocycles. The zero-order chi connectivity index (χ0) is 26.4. The lowest BCUT2D eigenvalue weighted by molar-refractivity contribution is 0.0523. The van der Waals surface area contributed by atoms with E-state index in [-0.39, 0.29) is 6.61 Å². The minimum Gasteiger partial charge on any atom is -0.462 e. The summed E-state index contributed by atoms with van der Waals surface area (Å²) in [6.45, 7) is 2.07. The SMILES string of the molecule is CCOC(=O)c1c(SC)nn(-c2ccccc2)c1N=P(c1ccccc1)(c1ccccc1)c1ccccc1. The van der Waals surface area contributed by atoms with Gasteiger partial charge in [0.25, 0.3) is 0 Å². The van der Waals surface area contributed by atoms with Gasteiger partial charge in [0.15, 0.2) is 5.82 Å². The van der Waals surface area contributed by atoms with Crippen molar-refractivity contribution in [3.63, 3.8) is 0 Å². The number of benzene rings is 4. The minimum atomic E-state index is -2.66. The summed E-state index contributed by atoms with van der Waals surface area (Å²) >= 11 is 1.41. The van der Waals surface area contributed by atoms with Crippen LogP contribution >= 0.6 is 18.8 Å². The first-order valence-electron chi connectivity index (χ1n) is 12.4. The van der Waals surface area contributed by atoms with Gasteiger partial charge in [-0.05, 0) is 25.3 Å². The van der Waals surface area contributed by atoms with Crippen molar-refractivity contribution in [1.29, 1.82) is 0 Å². The Balaban J connectivity index is 1.98. The molecule has 1 aromatic heterocycles. The van der Waals surface area contributed by atoms with Gasteiger partial charge in [0.1, 0.15) is 10.6 Å². The molecule has 38 heavy (non-hydrogen) atoms. The third kappa shape index (κ3) is 4.85. The molecule has 0 aliphatic rings. The summed E-state index contributed by atoms with van der Waals surface area (Å²) in [6, 6.07) is 40.8. The lowest BCUT2D eigenvalue weighted by Gasteiger charge is -2.27. The molecule has 190 valence electrons. The van der Waals surface area contributed by atoms with E-state index >= 15 is 0 Å². The topological polar surface area (TPSA) is 56.5 Å². The first kappa shape index (κ1) is 25.8. The first-order chi connectivity index (χ1) is 18.7. The number of ether oxygens (including phenoxy) is 1. The summed E-state index contributed by atoms with van der Waals surface area (Å²) in [5, 5.41) is 8.70. The average Bonchev–Trinajstić information content (AvgIpc) is 3.36. The molecule has 0 unspecified atom stereocenters. The van der Waals surface area contributed by atoms with Crippen LogP contribution in [-0.4, -0.2) is 28.6 Å². The monoisotopic (exact) mass is 537 g/mol. The molecule has 0 fully saturated rings. The van der Waals surface area contributed by atoms with Crippen LogP contribution in [0.2, 0.25) is 0 Å². The van der Waals surface area contributed by atoms with E-state index < -0.39 is 13.0 Å². The number of hydrogen-bond donors (Lipinski definition) is 0. The van der Waals surface area contributed by atoms with Crippen molar-refractivity contribution in [2.45, 2.75) is 11.9 Å². The van der Waals surface area contributed by atoms with E-state index in [0.29, 0.717) is 16.4 Å². The van der Waals surface area contributed by atoms with Crippen molar-refractivity contribution in [3.05, 3.63) is 127 Å². The van der Waals surface area contributed by atoms with Crippen LogP contribution in [0.3, 0.4) is 0 Å². The second-order valence-corrected chi connectivity index (χ2v) is 12.2. The van der Waals surface area contributed by atoms with Gasteiger partial charge in [0.2, 0.25) is 0 Å². The number of nitrogens with zero attached hydrogens (tertiary/aromatic N) is 3. The van der Waals surface area contributed by atoms with Gasteiger partial charge in [-0.1, -0.05) is 109 Å². The van der Waals surface area contributed by atoms with Gasteiger partial charge in [0, 0.05) is 15.9 Å². The van der Waals surface area contributed by atoms with Gasteiger partial charge in [0.05, 0.1) is 19.3 Å². The highest BCUT2D eigenvalue weighted by Gasteiger charge is 2.32. The number of para-hydroxylation sites is 1. The van der Waals surface area contributed by atoms with E-state index in [2.05, 4.69) is 36.4 Å². The average molecular weight is 538 g/mol. The normalized spacial score (nSPS) is 11.2. The Morgan fingerprint density at radius 3 is 1.66 bits per heavy atom. The van der Waals surface area contributed by atoms with Gasteiger partial charge >= 0.3 is 5.97 Å². The summed E-state index contributed by atoms with van der Waals surface area (Å²) in [6.07, 6.45) is 1.91. The van der Waals surface area contributed by atoms with E-state index in [0.717, 1.165) is 21.6 Å². The zero-order valence-electron chi connectivity index (χ0n) is 21.3. The summed E-state index contributed by atoms with van der Waals surface area (Å²) in [5.74, 6) is 0.0639. The van der Waals surface area contributed by atoms with E-state index in [4.69, 9.17) is 14.6 Å².